The molecule has 31 heavy (non-hydrogen) atoms. The number of fused-ring (bicyclic) bond motifs is 1. The molecular formula is C22H29N5O4. The molecule has 0 spiro atoms. The maximum atomic E-state index is 13.0. The Bertz CT molecular complexity index is 1010. The number of carbonyl (C=O) groups is 1. The average Bonchev–Trinajstić information content (AvgIpc) is 3.26. The second-order valence-electron chi connectivity index (χ2n) is 7.14. The van der Waals surface area contributed by atoms with Gasteiger partial charge >= 0.3 is 0 Å². The Balaban J connectivity index is 1.84. The number of ether oxygens (including phenoxy) is 3. The molecule has 9 nitrogen and oxygen atoms in total. The summed E-state index contributed by atoms with van der Waals surface area (Å²) >= 11 is 0. The molecule has 2 heterocycles. The van der Waals surface area contributed by atoms with Crippen molar-refractivity contribution in [1.82, 2.24) is 19.6 Å². The Morgan fingerprint density at radius 1 is 1.00 bits per heavy atom. The molecule has 0 bridgehead atoms. The number of anilines is 1. The topological polar surface area (TPSA) is 99.9 Å². The molecule has 0 saturated carbocycles. The summed E-state index contributed by atoms with van der Waals surface area (Å²) in [6.45, 7) is 2.20. The number of methoxy groups -OCH3 is 3. The third-order valence-electron chi connectivity index (χ3n) is 5.01. The van der Waals surface area contributed by atoms with Gasteiger partial charge < -0.3 is 19.5 Å². The van der Waals surface area contributed by atoms with E-state index in [1.807, 2.05) is 6.07 Å². The summed E-state index contributed by atoms with van der Waals surface area (Å²) in [6, 6.07) is 5.05. The van der Waals surface area contributed by atoms with Gasteiger partial charge in [0.2, 0.25) is 5.75 Å². The number of nitrogens with zero attached hydrogens (tertiary/aromatic N) is 4. The SMILES string of the molecule is CCCCCCCc1cc(NC(=O)c2cc(OC)c(OC)c(OC)c2)n2ncnc2n1. The third-order valence-corrected chi connectivity index (χ3v) is 5.01. The van der Waals surface area contributed by atoms with E-state index in [9.17, 15) is 4.79 Å². The smallest absolute Gasteiger partial charge is 0.257 e. The monoisotopic (exact) mass is 427 g/mol. The fourth-order valence-corrected chi connectivity index (χ4v) is 3.39. The molecule has 1 amide bonds. The number of aryl methyl sites for hydroxylation is 1. The Morgan fingerprint density at radius 2 is 1.71 bits per heavy atom. The molecule has 9 heteroatoms. The van der Waals surface area contributed by atoms with Crippen molar-refractivity contribution in [2.45, 2.75) is 45.4 Å². The van der Waals surface area contributed by atoms with E-state index in [4.69, 9.17) is 14.2 Å². The summed E-state index contributed by atoms with van der Waals surface area (Å²) in [5, 5.41) is 7.09. The lowest BCUT2D eigenvalue weighted by molar-refractivity contribution is 0.102. The zero-order valence-corrected chi connectivity index (χ0v) is 18.5. The van der Waals surface area contributed by atoms with Gasteiger partial charge in [-0.25, -0.2) is 4.98 Å². The highest BCUT2D eigenvalue weighted by Gasteiger charge is 2.18. The lowest BCUT2D eigenvalue weighted by Crippen LogP contribution is -2.16. The van der Waals surface area contributed by atoms with Gasteiger partial charge in [-0.05, 0) is 25.0 Å². The van der Waals surface area contributed by atoms with E-state index in [1.54, 1.807) is 12.1 Å². The van der Waals surface area contributed by atoms with E-state index in [-0.39, 0.29) is 5.91 Å². The van der Waals surface area contributed by atoms with Gasteiger partial charge in [0.05, 0.1) is 21.3 Å². The average molecular weight is 428 g/mol. The standard InChI is InChI=1S/C22H29N5O4/c1-5-6-7-8-9-10-16-13-19(27-22(25-16)23-14-24-27)26-21(28)15-11-17(29-2)20(31-4)18(12-15)30-3/h11-14H,5-10H2,1-4H3,(H,26,28). The predicted octanol–water partition coefficient (Wildman–Crippen LogP) is 3.92. The predicted molar refractivity (Wildman–Crippen MR) is 117 cm³/mol. The highest BCUT2D eigenvalue weighted by molar-refractivity contribution is 6.04. The van der Waals surface area contributed by atoms with Crippen LogP contribution < -0.4 is 19.5 Å². The molecule has 2 aromatic heterocycles. The van der Waals surface area contributed by atoms with Crippen LogP contribution in [0.15, 0.2) is 24.5 Å². The quantitative estimate of drug-likeness (QED) is 0.463. The van der Waals surface area contributed by atoms with Crippen molar-refractivity contribution in [3.63, 3.8) is 0 Å². The highest BCUT2D eigenvalue weighted by atomic mass is 16.5. The van der Waals surface area contributed by atoms with Crippen molar-refractivity contribution in [2.24, 2.45) is 0 Å². The van der Waals surface area contributed by atoms with Crippen LogP contribution in [0.2, 0.25) is 0 Å². The van der Waals surface area contributed by atoms with Crippen molar-refractivity contribution in [1.29, 1.82) is 0 Å². The summed E-state index contributed by atoms with van der Waals surface area (Å²) < 4.78 is 17.5. The maximum absolute atomic E-state index is 13.0. The normalized spacial score (nSPS) is 10.8. The second-order valence-corrected chi connectivity index (χ2v) is 7.14. The fourth-order valence-electron chi connectivity index (χ4n) is 3.39. The van der Waals surface area contributed by atoms with Crippen LogP contribution in [0.3, 0.4) is 0 Å². The number of unbranched alkanes of at least 4 members (excludes halogenated alkanes) is 4. The number of hydrogen-bond donors (Lipinski definition) is 1. The van der Waals surface area contributed by atoms with Crippen LogP contribution in [0.1, 0.15) is 55.1 Å². The van der Waals surface area contributed by atoms with E-state index in [2.05, 4.69) is 27.3 Å². The number of hydrogen-bond acceptors (Lipinski definition) is 7. The van der Waals surface area contributed by atoms with Crippen molar-refractivity contribution in [3.05, 3.63) is 35.8 Å². The van der Waals surface area contributed by atoms with Crippen LogP contribution in [-0.2, 0) is 6.42 Å². The zero-order valence-electron chi connectivity index (χ0n) is 18.5. The molecule has 0 aliphatic heterocycles. The maximum Gasteiger partial charge on any atom is 0.257 e. The molecule has 166 valence electrons. The first kappa shape index (κ1) is 22.3. The lowest BCUT2D eigenvalue weighted by atomic mass is 10.1. The molecule has 1 aromatic carbocycles. The first-order valence-electron chi connectivity index (χ1n) is 10.4. The number of amides is 1. The van der Waals surface area contributed by atoms with Crippen LogP contribution in [0.25, 0.3) is 5.78 Å². The van der Waals surface area contributed by atoms with Crippen molar-refractivity contribution in [3.8, 4) is 17.2 Å². The second kappa shape index (κ2) is 10.6. The lowest BCUT2D eigenvalue weighted by Gasteiger charge is -2.14. The van der Waals surface area contributed by atoms with Crippen LogP contribution in [0.5, 0.6) is 17.2 Å². The Labute approximate surface area is 181 Å². The summed E-state index contributed by atoms with van der Waals surface area (Å²) in [7, 11) is 4.53. The molecule has 0 radical (unpaired) electrons. The minimum Gasteiger partial charge on any atom is -0.493 e. The minimum atomic E-state index is -0.337. The zero-order chi connectivity index (χ0) is 22.2. The largest absolute Gasteiger partial charge is 0.493 e. The third kappa shape index (κ3) is 5.22. The van der Waals surface area contributed by atoms with Gasteiger partial charge in [0.25, 0.3) is 11.7 Å². The van der Waals surface area contributed by atoms with E-state index in [0.717, 1.165) is 25.0 Å². The van der Waals surface area contributed by atoms with Crippen LogP contribution in [0, 0.1) is 0 Å². The molecule has 3 rings (SSSR count). The van der Waals surface area contributed by atoms with E-state index >= 15 is 0 Å². The Hall–Kier alpha value is -3.36. The van der Waals surface area contributed by atoms with Gasteiger partial charge in [0.1, 0.15) is 12.1 Å². The van der Waals surface area contributed by atoms with Gasteiger partial charge in [0, 0.05) is 17.3 Å². The number of rotatable bonds is 11. The first-order chi connectivity index (χ1) is 15.1. The van der Waals surface area contributed by atoms with Gasteiger partial charge in [0.15, 0.2) is 11.5 Å². The Kier molecular flexibility index (Phi) is 7.64. The molecule has 0 aliphatic carbocycles. The molecule has 0 fully saturated rings. The van der Waals surface area contributed by atoms with E-state index in [1.165, 1.54) is 51.4 Å². The van der Waals surface area contributed by atoms with Gasteiger partial charge in [-0.2, -0.15) is 14.6 Å². The summed E-state index contributed by atoms with van der Waals surface area (Å²) in [5.41, 5.74) is 1.23. The van der Waals surface area contributed by atoms with Crippen LogP contribution in [0.4, 0.5) is 5.82 Å². The molecule has 0 unspecified atom stereocenters. The Morgan fingerprint density at radius 3 is 2.35 bits per heavy atom. The molecule has 1 N–H and O–H groups in total. The van der Waals surface area contributed by atoms with E-state index < -0.39 is 0 Å². The van der Waals surface area contributed by atoms with Crippen molar-refractivity contribution < 1.29 is 19.0 Å². The molecule has 0 saturated heterocycles. The first-order valence-corrected chi connectivity index (χ1v) is 10.4. The van der Waals surface area contributed by atoms with E-state index in [0.29, 0.717) is 34.4 Å². The number of carbonyl (C=O) groups excluding carboxylic acids is 1. The fraction of sp³-hybridized carbons (Fsp3) is 0.455. The molecule has 3 aromatic rings. The summed E-state index contributed by atoms with van der Waals surface area (Å²) in [4.78, 5) is 21.8. The highest BCUT2D eigenvalue weighted by Crippen LogP contribution is 2.38. The van der Waals surface area contributed by atoms with Gasteiger partial charge in [-0.15, -0.1) is 0 Å². The molecule has 0 atom stereocenters. The molecule has 0 aliphatic rings. The van der Waals surface area contributed by atoms with Crippen molar-refractivity contribution in [2.75, 3.05) is 26.6 Å². The number of benzene rings is 1. The minimum absolute atomic E-state index is 0.337. The summed E-state index contributed by atoms with van der Waals surface area (Å²) in [6.07, 6.45) is 8.10. The number of aromatic nitrogens is 4. The molecular weight excluding hydrogens is 398 g/mol. The number of nitrogens with one attached hydrogen (secondary N) is 1. The van der Waals surface area contributed by atoms with Crippen LogP contribution in [-0.4, -0.2) is 46.8 Å². The summed E-state index contributed by atoms with van der Waals surface area (Å²) in [5.74, 6) is 1.85. The van der Waals surface area contributed by atoms with Crippen molar-refractivity contribution >= 4 is 17.5 Å². The van der Waals surface area contributed by atoms with Crippen LogP contribution >= 0.6 is 0 Å². The van der Waals surface area contributed by atoms with Gasteiger partial charge in [-0.3, -0.25) is 4.79 Å². The van der Waals surface area contributed by atoms with Gasteiger partial charge in [-0.1, -0.05) is 32.6 Å².